The van der Waals surface area contributed by atoms with Crippen LogP contribution >= 0.6 is 0 Å². The van der Waals surface area contributed by atoms with Crippen LogP contribution in [0.25, 0.3) is 0 Å². The van der Waals surface area contributed by atoms with Crippen molar-refractivity contribution in [3.05, 3.63) is 0 Å². The van der Waals surface area contributed by atoms with Gasteiger partial charge in [0.15, 0.2) is 6.29 Å². The predicted molar refractivity (Wildman–Crippen MR) is 116 cm³/mol. The highest BCUT2D eigenvalue weighted by Gasteiger charge is 2.61. The Bertz CT molecular complexity index is 643. The van der Waals surface area contributed by atoms with E-state index in [4.69, 9.17) is 14.2 Å². The van der Waals surface area contributed by atoms with E-state index >= 15 is 0 Å². The zero-order chi connectivity index (χ0) is 20.9. The highest BCUT2D eigenvalue weighted by atomic mass is 16.7. The van der Waals surface area contributed by atoms with Gasteiger partial charge in [-0.3, -0.25) is 4.79 Å². The maximum absolute atomic E-state index is 11.7. The molecule has 4 heteroatoms. The highest BCUT2D eigenvalue weighted by molar-refractivity contribution is 5.66. The molecule has 9 atom stereocenters. The molecule has 5 aliphatic rings. The van der Waals surface area contributed by atoms with Gasteiger partial charge in [-0.1, -0.05) is 13.8 Å². The number of esters is 1. The van der Waals surface area contributed by atoms with Crippen molar-refractivity contribution in [3.63, 3.8) is 0 Å². The van der Waals surface area contributed by atoms with Crippen LogP contribution in [0.5, 0.6) is 0 Å². The summed E-state index contributed by atoms with van der Waals surface area (Å²) in [6, 6.07) is 0. The molecule has 1 aliphatic heterocycles. The fourth-order valence-corrected chi connectivity index (χ4v) is 8.72. The first-order valence-electron chi connectivity index (χ1n) is 12.8. The fraction of sp³-hybridized carbons (Fsp3) is 0.962. The van der Waals surface area contributed by atoms with Gasteiger partial charge in [0, 0.05) is 18.9 Å². The smallest absolute Gasteiger partial charge is 0.302 e. The molecule has 1 saturated heterocycles. The maximum Gasteiger partial charge on any atom is 0.302 e. The van der Waals surface area contributed by atoms with Crippen LogP contribution in [-0.2, 0) is 19.0 Å². The molecule has 0 aromatic carbocycles. The van der Waals surface area contributed by atoms with Crippen LogP contribution in [0, 0.1) is 34.5 Å². The molecule has 0 N–H and O–H groups in total. The van der Waals surface area contributed by atoms with Gasteiger partial charge >= 0.3 is 5.97 Å². The van der Waals surface area contributed by atoms with E-state index in [0.29, 0.717) is 11.5 Å². The van der Waals surface area contributed by atoms with Crippen LogP contribution in [0.3, 0.4) is 0 Å². The third kappa shape index (κ3) is 3.54. The molecule has 170 valence electrons. The van der Waals surface area contributed by atoms with E-state index in [1.54, 1.807) is 6.92 Å². The van der Waals surface area contributed by atoms with Gasteiger partial charge < -0.3 is 14.2 Å². The summed E-state index contributed by atoms with van der Waals surface area (Å²) >= 11 is 0. The molecule has 0 bridgehead atoms. The first-order chi connectivity index (χ1) is 14.4. The summed E-state index contributed by atoms with van der Waals surface area (Å²) < 4.78 is 18.1. The molecule has 4 nitrogen and oxygen atoms in total. The molecule has 0 aromatic heterocycles. The predicted octanol–water partition coefficient (Wildman–Crippen LogP) is 5.87. The monoisotopic (exact) mass is 418 g/mol. The van der Waals surface area contributed by atoms with Crippen LogP contribution in [0.15, 0.2) is 0 Å². The van der Waals surface area contributed by atoms with Crippen molar-refractivity contribution in [1.29, 1.82) is 0 Å². The van der Waals surface area contributed by atoms with Crippen molar-refractivity contribution in [2.45, 2.75) is 116 Å². The number of hydrogen-bond donors (Lipinski definition) is 0. The van der Waals surface area contributed by atoms with Crippen LogP contribution < -0.4 is 0 Å². The van der Waals surface area contributed by atoms with Crippen molar-refractivity contribution < 1.29 is 19.0 Å². The van der Waals surface area contributed by atoms with E-state index in [0.717, 1.165) is 43.1 Å². The number of hydrogen-bond acceptors (Lipinski definition) is 4. The minimum atomic E-state index is -0.0973. The van der Waals surface area contributed by atoms with Gasteiger partial charge in [0.2, 0.25) is 0 Å². The Morgan fingerprint density at radius 2 is 1.70 bits per heavy atom. The van der Waals surface area contributed by atoms with E-state index in [9.17, 15) is 4.79 Å². The SMILES string of the molecule is CC(=O)OC1CCC2C3CCC4CC(OC5CCCCO5)CC[C@]4(C)C3CC[C@]12C. The average Bonchev–Trinajstić information content (AvgIpc) is 3.05. The molecule has 0 amide bonds. The van der Waals surface area contributed by atoms with E-state index in [1.165, 1.54) is 64.2 Å². The Labute approximate surface area is 182 Å². The van der Waals surface area contributed by atoms with Gasteiger partial charge in [0.05, 0.1) is 6.10 Å². The number of carbonyl (C=O) groups is 1. The molecular weight excluding hydrogens is 376 g/mol. The number of carbonyl (C=O) groups excluding carboxylic acids is 1. The molecule has 30 heavy (non-hydrogen) atoms. The molecule has 0 radical (unpaired) electrons. The summed E-state index contributed by atoms with van der Waals surface area (Å²) in [5.74, 6) is 3.11. The number of ether oxygens (including phenoxy) is 3. The lowest BCUT2D eigenvalue weighted by Gasteiger charge is -2.61. The summed E-state index contributed by atoms with van der Waals surface area (Å²) in [6.45, 7) is 7.49. The first kappa shape index (κ1) is 21.2. The molecule has 5 rings (SSSR count). The zero-order valence-corrected chi connectivity index (χ0v) is 19.4. The normalized spacial score (nSPS) is 50.8. The van der Waals surface area contributed by atoms with Crippen molar-refractivity contribution in [2.24, 2.45) is 34.5 Å². The lowest BCUT2D eigenvalue weighted by Crippen LogP contribution is -2.55. The molecule has 0 spiro atoms. The van der Waals surface area contributed by atoms with Gasteiger partial charge in [-0.15, -0.1) is 0 Å². The van der Waals surface area contributed by atoms with Gasteiger partial charge in [-0.2, -0.15) is 0 Å². The molecule has 4 saturated carbocycles. The van der Waals surface area contributed by atoms with E-state index in [1.807, 2.05) is 0 Å². The summed E-state index contributed by atoms with van der Waals surface area (Å²) in [6.07, 6.45) is 15.4. The lowest BCUT2D eigenvalue weighted by molar-refractivity contribution is -0.212. The average molecular weight is 419 g/mol. The molecule has 7 unspecified atom stereocenters. The second-order valence-corrected chi connectivity index (χ2v) is 11.7. The molecule has 5 fully saturated rings. The summed E-state index contributed by atoms with van der Waals surface area (Å²) in [5, 5.41) is 0. The zero-order valence-electron chi connectivity index (χ0n) is 19.4. The third-order valence-electron chi connectivity index (χ3n) is 10.3. The van der Waals surface area contributed by atoms with Gasteiger partial charge in [-0.05, 0) is 106 Å². The van der Waals surface area contributed by atoms with E-state index in [-0.39, 0.29) is 23.8 Å². The van der Waals surface area contributed by atoms with Crippen LogP contribution in [0.1, 0.15) is 97.8 Å². The largest absolute Gasteiger partial charge is 0.462 e. The Balaban J connectivity index is 1.26. The molecule has 0 aromatic rings. The maximum atomic E-state index is 11.7. The molecule has 4 aliphatic carbocycles. The number of rotatable bonds is 3. The Morgan fingerprint density at radius 1 is 0.900 bits per heavy atom. The third-order valence-corrected chi connectivity index (χ3v) is 10.3. The minimum absolute atomic E-state index is 0.0523. The van der Waals surface area contributed by atoms with Crippen LogP contribution in [-0.4, -0.2) is 31.1 Å². The first-order valence-corrected chi connectivity index (χ1v) is 12.8. The lowest BCUT2D eigenvalue weighted by atomic mass is 9.45. The second kappa shape index (κ2) is 8.06. The van der Waals surface area contributed by atoms with Gasteiger partial charge in [-0.25, -0.2) is 0 Å². The Morgan fingerprint density at radius 3 is 2.47 bits per heavy atom. The fourth-order valence-electron chi connectivity index (χ4n) is 8.72. The highest BCUT2D eigenvalue weighted by Crippen LogP contribution is 2.66. The van der Waals surface area contributed by atoms with Crippen LogP contribution in [0.2, 0.25) is 0 Å². The van der Waals surface area contributed by atoms with Crippen molar-refractivity contribution >= 4 is 5.97 Å². The quantitative estimate of drug-likeness (QED) is 0.424. The van der Waals surface area contributed by atoms with Crippen molar-refractivity contribution in [1.82, 2.24) is 0 Å². The topological polar surface area (TPSA) is 44.8 Å². The molecule has 1 heterocycles. The summed E-state index contributed by atoms with van der Waals surface area (Å²) in [5.41, 5.74) is 0.672. The van der Waals surface area contributed by atoms with E-state index < -0.39 is 0 Å². The summed E-state index contributed by atoms with van der Waals surface area (Å²) in [4.78, 5) is 11.7. The van der Waals surface area contributed by atoms with E-state index in [2.05, 4.69) is 13.8 Å². The van der Waals surface area contributed by atoms with Gasteiger partial charge in [0.25, 0.3) is 0 Å². The molecular formula is C26H42O4. The summed E-state index contributed by atoms with van der Waals surface area (Å²) in [7, 11) is 0. The number of fused-ring (bicyclic) bond motifs is 5. The Kier molecular flexibility index (Phi) is 5.71. The second-order valence-electron chi connectivity index (χ2n) is 11.7. The Hall–Kier alpha value is -0.610. The van der Waals surface area contributed by atoms with Gasteiger partial charge in [0.1, 0.15) is 6.10 Å². The van der Waals surface area contributed by atoms with Crippen LogP contribution in [0.4, 0.5) is 0 Å². The van der Waals surface area contributed by atoms with Crippen molar-refractivity contribution in [3.8, 4) is 0 Å². The van der Waals surface area contributed by atoms with Crippen molar-refractivity contribution in [2.75, 3.05) is 6.61 Å². The minimum Gasteiger partial charge on any atom is -0.462 e. The standard InChI is InChI=1S/C26H42O4/c1-17(27)29-23-10-9-21-20-8-7-18-16-19(30-24-6-4-5-15-28-24)11-13-25(18,2)22(20)12-14-26(21,23)3/h18-24H,4-16H2,1-3H3/t18?,19?,20?,21?,22?,23?,24?,25-,26-/m0/s1.